The first-order chi connectivity index (χ1) is 12.6. The van der Waals surface area contributed by atoms with E-state index in [-0.39, 0.29) is 5.11 Å². The van der Waals surface area contributed by atoms with Gasteiger partial charge >= 0.3 is 0 Å². The Bertz CT molecular complexity index is 718. The first-order valence-electron chi connectivity index (χ1n) is 8.43. The minimum absolute atomic E-state index is 0.0628. The Morgan fingerprint density at radius 3 is 2.62 bits per heavy atom. The molecule has 2 heterocycles. The zero-order valence-electron chi connectivity index (χ0n) is 14.2. The number of hydrogen-bond donors (Lipinski definition) is 2. The number of thiocarbonyl (C=S) groups is 1. The third-order valence-electron chi connectivity index (χ3n) is 4.30. The van der Waals surface area contributed by atoms with Crippen LogP contribution in [0.15, 0.2) is 29.3 Å². The summed E-state index contributed by atoms with van der Waals surface area (Å²) in [4.78, 5) is 32.8. The van der Waals surface area contributed by atoms with E-state index in [4.69, 9.17) is 23.8 Å². The van der Waals surface area contributed by atoms with Crippen molar-refractivity contribution in [2.75, 3.05) is 44.2 Å². The van der Waals surface area contributed by atoms with Crippen LogP contribution >= 0.6 is 23.8 Å². The van der Waals surface area contributed by atoms with E-state index >= 15 is 0 Å². The van der Waals surface area contributed by atoms with Gasteiger partial charge in [0.1, 0.15) is 0 Å². The van der Waals surface area contributed by atoms with Crippen LogP contribution in [0, 0.1) is 5.92 Å². The topological polar surface area (TPSA) is 77.0 Å². The van der Waals surface area contributed by atoms with E-state index in [1.807, 2.05) is 0 Å². The van der Waals surface area contributed by atoms with Crippen LogP contribution in [0.2, 0.25) is 5.02 Å². The summed E-state index contributed by atoms with van der Waals surface area (Å²) < 4.78 is 0. The van der Waals surface area contributed by atoms with E-state index in [2.05, 4.69) is 20.5 Å². The van der Waals surface area contributed by atoms with Crippen molar-refractivity contribution in [3.63, 3.8) is 0 Å². The number of nitrogens with one attached hydrogen (secondary N) is 2. The number of rotatable bonds is 5. The predicted molar refractivity (Wildman–Crippen MR) is 106 cm³/mol. The Kier molecular flexibility index (Phi) is 6.31. The lowest BCUT2D eigenvalue weighted by Gasteiger charge is -2.31. The van der Waals surface area contributed by atoms with Crippen molar-refractivity contribution in [1.29, 1.82) is 0 Å². The van der Waals surface area contributed by atoms with Crippen LogP contribution in [0.4, 0.5) is 5.69 Å². The average Bonchev–Trinajstić information content (AvgIpc) is 2.63. The summed E-state index contributed by atoms with van der Waals surface area (Å²) in [6.07, 6.45) is 1.42. The number of hydrogen-bond acceptors (Lipinski definition) is 6. The standard InChI is InChI=1S/C17H20ClN5O2S/c18-12-1-3-13(4-2-12)23-16(25)14(15(24)21-17(23)26)11-20-7-10-22-8-5-19-6-9-22/h1-4,11,14,19H,5-10H2,(H,21,24,26)/t14-/m1/s1. The summed E-state index contributed by atoms with van der Waals surface area (Å²) in [5.74, 6) is -1.84. The third kappa shape index (κ3) is 4.45. The number of piperazine rings is 1. The number of anilines is 1. The van der Waals surface area contributed by atoms with E-state index < -0.39 is 17.7 Å². The van der Waals surface area contributed by atoms with Gasteiger partial charge in [0.15, 0.2) is 11.0 Å². The Morgan fingerprint density at radius 1 is 1.23 bits per heavy atom. The van der Waals surface area contributed by atoms with E-state index in [0.717, 1.165) is 32.7 Å². The summed E-state index contributed by atoms with van der Waals surface area (Å²) in [5.41, 5.74) is 0.559. The van der Waals surface area contributed by atoms with Crippen molar-refractivity contribution < 1.29 is 9.59 Å². The highest BCUT2D eigenvalue weighted by atomic mass is 35.5. The highest BCUT2D eigenvalue weighted by Crippen LogP contribution is 2.22. The molecule has 2 aliphatic rings. The van der Waals surface area contributed by atoms with Crippen LogP contribution < -0.4 is 15.5 Å². The first-order valence-corrected chi connectivity index (χ1v) is 9.22. The Morgan fingerprint density at radius 2 is 1.92 bits per heavy atom. The van der Waals surface area contributed by atoms with Crippen LogP contribution in [0.5, 0.6) is 0 Å². The van der Waals surface area contributed by atoms with Crippen molar-refractivity contribution in [2.45, 2.75) is 0 Å². The van der Waals surface area contributed by atoms with Crippen molar-refractivity contribution >= 4 is 52.6 Å². The van der Waals surface area contributed by atoms with Gasteiger partial charge in [-0.25, -0.2) is 0 Å². The Labute approximate surface area is 162 Å². The molecule has 2 amide bonds. The van der Waals surface area contributed by atoms with Crippen molar-refractivity contribution in [2.24, 2.45) is 10.9 Å². The smallest absolute Gasteiger partial charge is 0.251 e. The van der Waals surface area contributed by atoms with Gasteiger partial charge in [0, 0.05) is 44.0 Å². The molecule has 138 valence electrons. The molecule has 0 unspecified atom stereocenters. The number of carbonyl (C=O) groups excluding carboxylic acids is 2. The van der Waals surface area contributed by atoms with E-state index in [1.165, 1.54) is 11.1 Å². The fourth-order valence-electron chi connectivity index (χ4n) is 2.87. The van der Waals surface area contributed by atoms with Gasteiger partial charge in [-0.2, -0.15) is 0 Å². The van der Waals surface area contributed by atoms with Gasteiger partial charge < -0.3 is 10.6 Å². The number of halogens is 1. The average molecular weight is 394 g/mol. The molecule has 0 spiro atoms. The van der Waals surface area contributed by atoms with Gasteiger partial charge in [0.25, 0.3) is 5.91 Å². The maximum absolute atomic E-state index is 12.8. The normalized spacial score (nSPS) is 22.1. The first kappa shape index (κ1) is 18.9. The molecule has 2 saturated heterocycles. The molecule has 1 atom stereocenters. The second-order valence-electron chi connectivity index (χ2n) is 6.07. The van der Waals surface area contributed by atoms with Crippen LogP contribution in [-0.2, 0) is 9.59 Å². The van der Waals surface area contributed by atoms with Crippen molar-refractivity contribution in [1.82, 2.24) is 15.5 Å². The largest absolute Gasteiger partial charge is 0.314 e. The van der Waals surface area contributed by atoms with Crippen molar-refractivity contribution in [3.05, 3.63) is 29.3 Å². The molecule has 9 heteroatoms. The minimum atomic E-state index is -0.986. The summed E-state index contributed by atoms with van der Waals surface area (Å²) in [7, 11) is 0. The lowest BCUT2D eigenvalue weighted by molar-refractivity contribution is -0.130. The number of carbonyl (C=O) groups is 2. The molecule has 0 aromatic heterocycles. The maximum atomic E-state index is 12.8. The van der Waals surface area contributed by atoms with Crippen LogP contribution in [-0.4, -0.2) is 67.3 Å². The highest BCUT2D eigenvalue weighted by molar-refractivity contribution is 7.80. The maximum Gasteiger partial charge on any atom is 0.251 e. The van der Waals surface area contributed by atoms with Gasteiger partial charge in [0.2, 0.25) is 5.91 Å². The molecule has 1 aromatic carbocycles. The van der Waals surface area contributed by atoms with Gasteiger partial charge in [-0.1, -0.05) is 11.6 Å². The minimum Gasteiger partial charge on any atom is -0.314 e. The zero-order chi connectivity index (χ0) is 18.5. The summed E-state index contributed by atoms with van der Waals surface area (Å²) in [6.45, 7) is 5.26. The summed E-state index contributed by atoms with van der Waals surface area (Å²) in [5, 5.41) is 6.48. The summed E-state index contributed by atoms with van der Waals surface area (Å²) in [6, 6.07) is 6.70. The molecule has 7 nitrogen and oxygen atoms in total. The molecule has 0 radical (unpaired) electrons. The Hall–Kier alpha value is -1.87. The van der Waals surface area contributed by atoms with E-state index in [1.54, 1.807) is 24.3 Å². The molecular weight excluding hydrogens is 374 g/mol. The third-order valence-corrected chi connectivity index (χ3v) is 4.83. The number of benzene rings is 1. The molecular formula is C17H20ClN5O2S. The molecule has 2 N–H and O–H groups in total. The lowest BCUT2D eigenvalue weighted by Crippen LogP contribution is -2.58. The predicted octanol–water partition coefficient (Wildman–Crippen LogP) is 0.680. The number of aliphatic imine (C=N–C) groups is 1. The van der Waals surface area contributed by atoms with Gasteiger partial charge in [-0.05, 0) is 36.5 Å². The van der Waals surface area contributed by atoms with E-state index in [9.17, 15) is 9.59 Å². The second-order valence-corrected chi connectivity index (χ2v) is 6.89. The lowest BCUT2D eigenvalue weighted by atomic mass is 10.1. The molecule has 2 aliphatic heterocycles. The fraction of sp³-hybridized carbons (Fsp3) is 0.412. The zero-order valence-corrected chi connectivity index (χ0v) is 15.7. The molecule has 2 fully saturated rings. The SMILES string of the molecule is O=C1NC(=S)N(c2ccc(Cl)cc2)C(=O)[C@@H]1C=NCCN1CCNCC1. The Balaban J connectivity index is 1.65. The van der Waals surface area contributed by atoms with Crippen LogP contribution in [0.1, 0.15) is 0 Å². The summed E-state index contributed by atoms with van der Waals surface area (Å²) >= 11 is 11.0. The quantitative estimate of drug-likeness (QED) is 0.437. The number of amides is 2. The fourth-order valence-corrected chi connectivity index (χ4v) is 3.29. The van der Waals surface area contributed by atoms with Gasteiger partial charge in [0.05, 0.1) is 12.2 Å². The molecule has 26 heavy (non-hydrogen) atoms. The highest BCUT2D eigenvalue weighted by Gasteiger charge is 2.38. The van der Waals surface area contributed by atoms with Crippen LogP contribution in [0.3, 0.4) is 0 Å². The molecule has 0 saturated carbocycles. The van der Waals surface area contributed by atoms with Gasteiger partial charge in [-0.15, -0.1) is 0 Å². The van der Waals surface area contributed by atoms with Crippen molar-refractivity contribution in [3.8, 4) is 0 Å². The molecule has 1 aromatic rings. The number of nitrogens with zero attached hydrogens (tertiary/aromatic N) is 3. The van der Waals surface area contributed by atoms with Crippen LogP contribution in [0.25, 0.3) is 0 Å². The molecule has 0 aliphatic carbocycles. The molecule has 0 bridgehead atoms. The second kappa shape index (κ2) is 8.68. The van der Waals surface area contributed by atoms with Gasteiger partial charge in [-0.3, -0.25) is 24.4 Å². The molecule has 3 rings (SSSR count). The van der Waals surface area contributed by atoms with E-state index in [0.29, 0.717) is 17.3 Å². The monoisotopic (exact) mass is 393 g/mol.